The molecular weight excluding hydrogens is 632 g/mol. The number of benzene rings is 4. The molecule has 5 atom stereocenters. The number of carbonyl (C=O) groups excluding carboxylic acids is 2. The number of hydrogen-bond acceptors (Lipinski definition) is 11. The van der Waals surface area contributed by atoms with Crippen LogP contribution in [0, 0.1) is 5.92 Å². The van der Waals surface area contributed by atoms with Gasteiger partial charge in [-0.3, -0.25) is 9.59 Å². The summed E-state index contributed by atoms with van der Waals surface area (Å²) in [6.07, 6.45) is -3.57. The van der Waals surface area contributed by atoms with Crippen molar-refractivity contribution in [2.75, 3.05) is 13.7 Å². The molecular formula is C38H38O11. The lowest BCUT2D eigenvalue weighted by atomic mass is 9.92. The van der Waals surface area contributed by atoms with Crippen molar-refractivity contribution in [3.63, 3.8) is 0 Å². The Morgan fingerprint density at radius 2 is 1.49 bits per heavy atom. The number of hydrogen-bond donors (Lipinski definition) is 4. The average Bonchev–Trinajstić information content (AvgIpc) is 3.07. The lowest BCUT2D eigenvalue weighted by molar-refractivity contribution is -0.150. The fraction of sp³-hybridized carbons (Fsp3) is 0.316. The quantitative estimate of drug-likeness (QED) is 0.157. The number of rotatable bonds is 9. The number of fused-ring (bicyclic) bond motifs is 2. The molecule has 0 aromatic heterocycles. The predicted octanol–water partition coefficient (Wildman–Crippen LogP) is 5.92. The molecule has 2 aliphatic heterocycles. The molecule has 2 aliphatic rings. The summed E-state index contributed by atoms with van der Waals surface area (Å²) in [7, 11) is 1.42. The Hall–Kier alpha value is -5.42. The van der Waals surface area contributed by atoms with E-state index in [1.54, 1.807) is 37.3 Å². The van der Waals surface area contributed by atoms with Gasteiger partial charge in [-0.05, 0) is 60.2 Å². The zero-order valence-corrected chi connectivity index (χ0v) is 27.5. The number of phenols is 3. The first kappa shape index (κ1) is 33.5. The molecule has 4 N–H and O–H groups in total. The molecule has 0 fully saturated rings. The van der Waals surface area contributed by atoms with Crippen LogP contribution in [0.3, 0.4) is 0 Å². The van der Waals surface area contributed by atoms with Crippen LogP contribution < -0.4 is 18.9 Å². The topological polar surface area (TPSA) is 161 Å². The number of Topliss-reactive ketones (excluding diaryl/α,β-unsaturated/α-hetero) is 1. The summed E-state index contributed by atoms with van der Waals surface area (Å²) in [5, 5.41) is 41.3. The van der Waals surface area contributed by atoms with E-state index in [1.165, 1.54) is 24.8 Å². The molecule has 11 nitrogen and oxygen atoms in total. The number of carbonyl (C=O) groups is 2. The van der Waals surface area contributed by atoms with E-state index in [1.807, 2.05) is 24.3 Å². The summed E-state index contributed by atoms with van der Waals surface area (Å²) >= 11 is 0. The van der Waals surface area contributed by atoms with Crippen LogP contribution in [0.1, 0.15) is 71.5 Å². The van der Waals surface area contributed by atoms with Gasteiger partial charge < -0.3 is 44.1 Å². The molecule has 11 heteroatoms. The Morgan fingerprint density at radius 3 is 2.20 bits per heavy atom. The summed E-state index contributed by atoms with van der Waals surface area (Å²) in [6, 6.07) is 19.5. The van der Waals surface area contributed by atoms with Crippen molar-refractivity contribution in [3.05, 3.63) is 101 Å². The minimum absolute atomic E-state index is 0.0765. The molecule has 6 rings (SSSR count). The largest absolute Gasteiger partial charge is 0.508 e. The van der Waals surface area contributed by atoms with Gasteiger partial charge in [-0.15, -0.1) is 0 Å². The minimum atomic E-state index is -1.66. The van der Waals surface area contributed by atoms with Gasteiger partial charge in [0.2, 0.25) is 5.78 Å². The third-order valence-electron chi connectivity index (χ3n) is 8.69. The fourth-order valence-electron chi connectivity index (χ4n) is 6.11. The zero-order valence-electron chi connectivity index (χ0n) is 27.5. The van der Waals surface area contributed by atoms with Crippen LogP contribution in [0.15, 0.2) is 72.8 Å². The molecule has 0 radical (unpaired) electrons. The molecule has 4 aromatic carbocycles. The van der Waals surface area contributed by atoms with Gasteiger partial charge in [-0.1, -0.05) is 50.2 Å². The number of aromatic hydroxyl groups is 3. The van der Waals surface area contributed by atoms with E-state index >= 15 is 0 Å². The number of aliphatic hydroxyl groups is 1. The maximum atomic E-state index is 13.2. The second-order valence-corrected chi connectivity index (χ2v) is 12.7. The van der Waals surface area contributed by atoms with Gasteiger partial charge in [0.25, 0.3) is 0 Å². The number of methoxy groups -OCH3 is 1. The van der Waals surface area contributed by atoms with Gasteiger partial charge in [0, 0.05) is 17.7 Å². The number of aliphatic hydroxyl groups excluding tert-OH is 1. The van der Waals surface area contributed by atoms with Crippen LogP contribution >= 0.6 is 0 Å². The summed E-state index contributed by atoms with van der Waals surface area (Å²) in [5.74, 6) is -1.43. The zero-order chi connectivity index (χ0) is 35.0. The molecule has 0 aliphatic carbocycles. The fourth-order valence-corrected chi connectivity index (χ4v) is 6.11. The van der Waals surface area contributed by atoms with Gasteiger partial charge in [-0.25, -0.2) is 0 Å². The number of ketones is 1. The van der Waals surface area contributed by atoms with Crippen LogP contribution in [-0.4, -0.2) is 58.1 Å². The lowest BCUT2D eigenvalue weighted by Crippen LogP contribution is -2.38. The van der Waals surface area contributed by atoms with Crippen molar-refractivity contribution in [3.8, 4) is 40.2 Å². The smallest absolute Gasteiger partial charge is 0.313 e. The van der Waals surface area contributed by atoms with E-state index in [4.69, 9.17) is 23.7 Å². The van der Waals surface area contributed by atoms with Crippen LogP contribution in [0.25, 0.3) is 0 Å². The SMILES string of the molecule is COc1cc([C@@H]2Oc3cc([C@@H]4Oc5cc(O)cc(O)c5C(=O)[C@H]4O)ccc3O[C@H]2COC(=O)C(C)c2ccc(CC(C)C)cc2)ccc1O. The highest BCUT2D eigenvalue weighted by Gasteiger charge is 2.41. The van der Waals surface area contributed by atoms with Gasteiger partial charge in [0.1, 0.15) is 29.4 Å². The molecule has 0 spiro atoms. The molecule has 1 unspecified atom stereocenters. The summed E-state index contributed by atoms with van der Waals surface area (Å²) < 4.78 is 29.7. The van der Waals surface area contributed by atoms with Crippen LogP contribution in [0.4, 0.5) is 0 Å². The average molecular weight is 671 g/mol. The molecule has 0 bridgehead atoms. The van der Waals surface area contributed by atoms with Crippen LogP contribution in [0.2, 0.25) is 0 Å². The second-order valence-electron chi connectivity index (χ2n) is 12.7. The Morgan fingerprint density at radius 1 is 0.796 bits per heavy atom. The Balaban J connectivity index is 1.25. The first-order chi connectivity index (χ1) is 23.4. The maximum absolute atomic E-state index is 13.2. The third-order valence-corrected chi connectivity index (χ3v) is 8.69. The highest BCUT2D eigenvalue weighted by Crippen LogP contribution is 2.46. The van der Waals surface area contributed by atoms with Gasteiger partial charge in [0.15, 0.2) is 47.4 Å². The van der Waals surface area contributed by atoms with Crippen LogP contribution in [0.5, 0.6) is 40.2 Å². The van der Waals surface area contributed by atoms with Gasteiger partial charge in [0.05, 0.1) is 13.0 Å². The monoisotopic (exact) mass is 670 g/mol. The van der Waals surface area contributed by atoms with E-state index in [0.29, 0.717) is 22.8 Å². The first-order valence-corrected chi connectivity index (χ1v) is 16.0. The Kier molecular flexibility index (Phi) is 9.29. The standard InChI is InChI=1S/C38H38O11/c1-19(2)13-21-5-7-22(8-6-21)20(3)38(44)46-18-32-36(23-9-11-26(40)29(14-23)45-4)48-30-15-24(10-12-28(30)47-32)37-35(43)34(42)33-27(41)16-25(39)17-31(33)49-37/h5-12,14-17,19-20,32,35-37,39-41,43H,13,18H2,1-4H3/t20?,32-,35+,36-,37-/m0/s1. The van der Waals surface area contributed by atoms with Crippen molar-refractivity contribution in [1.82, 2.24) is 0 Å². The molecule has 0 saturated carbocycles. The molecule has 256 valence electrons. The van der Waals surface area contributed by atoms with Crippen molar-refractivity contribution >= 4 is 11.8 Å². The molecule has 4 aromatic rings. The molecule has 2 heterocycles. The first-order valence-electron chi connectivity index (χ1n) is 16.0. The summed E-state index contributed by atoms with van der Waals surface area (Å²) in [4.78, 5) is 26.2. The highest BCUT2D eigenvalue weighted by atomic mass is 16.6. The minimum Gasteiger partial charge on any atom is -0.508 e. The number of phenolic OH excluding ortho intramolecular Hbond substituents is 3. The Bertz CT molecular complexity index is 1870. The summed E-state index contributed by atoms with van der Waals surface area (Å²) in [6.45, 7) is 5.93. The van der Waals surface area contributed by atoms with E-state index in [-0.39, 0.29) is 40.9 Å². The predicted molar refractivity (Wildman–Crippen MR) is 177 cm³/mol. The van der Waals surface area contributed by atoms with Crippen molar-refractivity contribution in [2.45, 2.75) is 57.5 Å². The lowest BCUT2D eigenvalue weighted by Gasteiger charge is -2.35. The summed E-state index contributed by atoms with van der Waals surface area (Å²) in [5.41, 5.74) is 2.71. The normalized spacial score (nSPS) is 20.2. The molecule has 0 saturated heterocycles. The van der Waals surface area contributed by atoms with E-state index < -0.39 is 47.8 Å². The van der Waals surface area contributed by atoms with E-state index in [0.717, 1.165) is 18.1 Å². The molecule has 0 amide bonds. The van der Waals surface area contributed by atoms with Gasteiger partial charge in [-0.2, -0.15) is 0 Å². The van der Waals surface area contributed by atoms with Crippen LogP contribution in [-0.2, 0) is 16.0 Å². The number of ether oxygens (including phenoxy) is 5. The number of esters is 1. The van der Waals surface area contributed by atoms with Crippen molar-refractivity contribution in [2.24, 2.45) is 5.92 Å². The maximum Gasteiger partial charge on any atom is 0.313 e. The third kappa shape index (κ3) is 6.80. The van der Waals surface area contributed by atoms with Crippen molar-refractivity contribution < 1.29 is 53.7 Å². The molecule has 49 heavy (non-hydrogen) atoms. The van der Waals surface area contributed by atoms with Crippen molar-refractivity contribution in [1.29, 1.82) is 0 Å². The van der Waals surface area contributed by atoms with E-state index in [9.17, 15) is 30.0 Å². The van der Waals surface area contributed by atoms with Gasteiger partial charge >= 0.3 is 5.97 Å². The second kappa shape index (κ2) is 13.6. The highest BCUT2D eigenvalue weighted by molar-refractivity contribution is 6.05. The Labute approximate surface area is 283 Å². The van der Waals surface area contributed by atoms with E-state index in [2.05, 4.69) is 13.8 Å².